The fraction of sp³-hybridized carbons (Fsp3) is 0.583. The number of thiophene rings is 1. The molecule has 0 saturated carbocycles. The molecule has 1 heterocycles. The van der Waals surface area contributed by atoms with Crippen molar-refractivity contribution >= 4 is 17.2 Å². The Morgan fingerprint density at radius 3 is 2.75 bits per heavy atom. The number of amides is 1. The lowest BCUT2D eigenvalue weighted by Crippen LogP contribution is -2.43. The molecule has 1 rings (SSSR count). The SMILES string of the molecule is CNC(=O)C(CC(C)C)NCc1ccsc1. The van der Waals surface area contributed by atoms with Crippen molar-refractivity contribution in [3.63, 3.8) is 0 Å². The predicted molar refractivity (Wildman–Crippen MR) is 68.5 cm³/mol. The molecule has 0 fully saturated rings. The summed E-state index contributed by atoms with van der Waals surface area (Å²) in [5.41, 5.74) is 1.24. The minimum atomic E-state index is -0.0927. The van der Waals surface area contributed by atoms with Gasteiger partial charge in [-0.1, -0.05) is 13.8 Å². The lowest BCUT2D eigenvalue weighted by Gasteiger charge is -2.18. The molecule has 0 spiro atoms. The van der Waals surface area contributed by atoms with E-state index in [1.165, 1.54) is 5.56 Å². The highest BCUT2D eigenvalue weighted by atomic mass is 32.1. The average Bonchev–Trinajstić information content (AvgIpc) is 2.75. The van der Waals surface area contributed by atoms with Crippen LogP contribution in [0, 0.1) is 5.92 Å². The Morgan fingerprint density at radius 2 is 2.25 bits per heavy atom. The largest absolute Gasteiger partial charge is 0.358 e. The van der Waals surface area contributed by atoms with Crippen LogP contribution in [0.15, 0.2) is 16.8 Å². The van der Waals surface area contributed by atoms with E-state index in [4.69, 9.17) is 0 Å². The second-order valence-corrected chi connectivity index (χ2v) is 5.09. The summed E-state index contributed by atoms with van der Waals surface area (Å²) in [6.07, 6.45) is 0.865. The summed E-state index contributed by atoms with van der Waals surface area (Å²) >= 11 is 1.68. The van der Waals surface area contributed by atoms with Crippen molar-refractivity contribution in [3.8, 4) is 0 Å². The molecule has 0 bridgehead atoms. The molecule has 1 unspecified atom stereocenters. The topological polar surface area (TPSA) is 41.1 Å². The number of nitrogens with one attached hydrogen (secondary N) is 2. The van der Waals surface area contributed by atoms with Gasteiger partial charge in [-0.3, -0.25) is 4.79 Å². The van der Waals surface area contributed by atoms with Gasteiger partial charge in [0.2, 0.25) is 5.91 Å². The van der Waals surface area contributed by atoms with E-state index in [1.54, 1.807) is 18.4 Å². The zero-order chi connectivity index (χ0) is 12.0. The summed E-state index contributed by atoms with van der Waals surface area (Å²) in [6, 6.07) is 1.98. The molecule has 4 heteroatoms. The number of carbonyl (C=O) groups is 1. The van der Waals surface area contributed by atoms with Gasteiger partial charge in [-0.2, -0.15) is 11.3 Å². The third-order valence-corrected chi connectivity index (χ3v) is 3.13. The van der Waals surface area contributed by atoms with Crippen LogP contribution in [0.5, 0.6) is 0 Å². The van der Waals surface area contributed by atoms with E-state index in [0.29, 0.717) is 5.92 Å². The predicted octanol–water partition coefficient (Wildman–Crippen LogP) is 2.00. The molecule has 1 atom stereocenters. The zero-order valence-corrected chi connectivity index (χ0v) is 10.9. The lowest BCUT2D eigenvalue weighted by molar-refractivity contribution is -0.123. The summed E-state index contributed by atoms with van der Waals surface area (Å²) in [5.74, 6) is 0.584. The molecular formula is C12H20N2OS. The van der Waals surface area contributed by atoms with E-state index in [2.05, 4.69) is 35.9 Å². The quantitative estimate of drug-likeness (QED) is 0.798. The van der Waals surface area contributed by atoms with Crippen LogP contribution in [0.1, 0.15) is 25.8 Å². The molecule has 0 aromatic carbocycles. The minimum Gasteiger partial charge on any atom is -0.358 e. The number of rotatable bonds is 6. The second-order valence-electron chi connectivity index (χ2n) is 4.31. The first-order valence-corrected chi connectivity index (χ1v) is 6.53. The Hall–Kier alpha value is -0.870. The number of hydrogen-bond acceptors (Lipinski definition) is 3. The van der Waals surface area contributed by atoms with Crippen molar-refractivity contribution in [1.82, 2.24) is 10.6 Å². The molecule has 0 aliphatic carbocycles. The highest BCUT2D eigenvalue weighted by Crippen LogP contribution is 2.08. The van der Waals surface area contributed by atoms with Crippen LogP contribution in [-0.2, 0) is 11.3 Å². The van der Waals surface area contributed by atoms with Gasteiger partial charge in [0, 0.05) is 13.6 Å². The van der Waals surface area contributed by atoms with Crippen LogP contribution >= 0.6 is 11.3 Å². The van der Waals surface area contributed by atoms with Gasteiger partial charge in [-0.05, 0) is 34.7 Å². The Kier molecular flexibility index (Phi) is 5.49. The average molecular weight is 240 g/mol. The highest BCUT2D eigenvalue weighted by molar-refractivity contribution is 7.07. The smallest absolute Gasteiger partial charge is 0.236 e. The first-order chi connectivity index (χ1) is 7.63. The van der Waals surface area contributed by atoms with Gasteiger partial charge < -0.3 is 10.6 Å². The molecule has 2 N–H and O–H groups in total. The van der Waals surface area contributed by atoms with Crippen LogP contribution in [0.4, 0.5) is 0 Å². The fourth-order valence-electron chi connectivity index (χ4n) is 1.56. The standard InChI is InChI=1S/C12H20N2OS/c1-9(2)6-11(12(15)13-3)14-7-10-4-5-16-8-10/h4-5,8-9,11,14H,6-7H2,1-3H3,(H,13,15). The van der Waals surface area contributed by atoms with Crippen LogP contribution in [0.2, 0.25) is 0 Å². The van der Waals surface area contributed by atoms with Gasteiger partial charge in [-0.25, -0.2) is 0 Å². The van der Waals surface area contributed by atoms with Crippen LogP contribution < -0.4 is 10.6 Å². The van der Waals surface area contributed by atoms with Crippen molar-refractivity contribution < 1.29 is 4.79 Å². The van der Waals surface area contributed by atoms with Gasteiger partial charge >= 0.3 is 0 Å². The first kappa shape index (κ1) is 13.2. The van der Waals surface area contributed by atoms with E-state index in [0.717, 1.165) is 13.0 Å². The Morgan fingerprint density at radius 1 is 1.50 bits per heavy atom. The first-order valence-electron chi connectivity index (χ1n) is 5.59. The van der Waals surface area contributed by atoms with Crippen LogP contribution in [-0.4, -0.2) is 19.0 Å². The molecule has 16 heavy (non-hydrogen) atoms. The second kappa shape index (κ2) is 6.66. The van der Waals surface area contributed by atoms with Crippen LogP contribution in [0.3, 0.4) is 0 Å². The molecule has 0 radical (unpaired) electrons. The van der Waals surface area contributed by atoms with Crippen molar-refractivity contribution in [2.24, 2.45) is 5.92 Å². The maximum atomic E-state index is 11.6. The molecule has 1 amide bonds. The van der Waals surface area contributed by atoms with Gasteiger partial charge in [0.05, 0.1) is 6.04 Å². The maximum absolute atomic E-state index is 11.6. The van der Waals surface area contributed by atoms with Crippen molar-refractivity contribution in [1.29, 1.82) is 0 Å². The molecule has 0 aliphatic rings. The van der Waals surface area contributed by atoms with E-state index in [-0.39, 0.29) is 11.9 Å². The summed E-state index contributed by atoms with van der Waals surface area (Å²) in [4.78, 5) is 11.6. The number of hydrogen-bond donors (Lipinski definition) is 2. The summed E-state index contributed by atoms with van der Waals surface area (Å²) in [6.45, 7) is 5.01. The Balaban J connectivity index is 2.46. The molecular weight excluding hydrogens is 220 g/mol. The van der Waals surface area contributed by atoms with Crippen molar-refractivity contribution in [2.45, 2.75) is 32.9 Å². The van der Waals surface area contributed by atoms with Crippen molar-refractivity contribution in [3.05, 3.63) is 22.4 Å². The van der Waals surface area contributed by atoms with E-state index in [1.807, 2.05) is 5.38 Å². The van der Waals surface area contributed by atoms with E-state index in [9.17, 15) is 4.79 Å². The van der Waals surface area contributed by atoms with Crippen LogP contribution in [0.25, 0.3) is 0 Å². The third kappa shape index (κ3) is 4.33. The molecule has 0 aliphatic heterocycles. The molecule has 0 saturated heterocycles. The Labute approximate surface area is 101 Å². The summed E-state index contributed by atoms with van der Waals surface area (Å²) < 4.78 is 0. The zero-order valence-electron chi connectivity index (χ0n) is 10.1. The monoisotopic (exact) mass is 240 g/mol. The van der Waals surface area contributed by atoms with Gasteiger partial charge in [0.15, 0.2) is 0 Å². The number of carbonyl (C=O) groups excluding carboxylic acids is 1. The summed E-state index contributed by atoms with van der Waals surface area (Å²) in [5, 5.41) is 10.2. The lowest BCUT2D eigenvalue weighted by atomic mass is 10.0. The molecule has 1 aromatic rings. The highest BCUT2D eigenvalue weighted by Gasteiger charge is 2.17. The van der Waals surface area contributed by atoms with Crippen molar-refractivity contribution in [2.75, 3.05) is 7.05 Å². The van der Waals surface area contributed by atoms with E-state index >= 15 is 0 Å². The van der Waals surface area contributed by atoms with E-state index < -0.39 is 0 Å². The summed E-state index contributed by atoms with van der Waals surface area (Å²) in [7, 11) is 1.68. The normalized spacial score (nSPS) is 12.8. The fourth-order valence-corrected chi connectivity index (χ4v) is 2.23. The van der Waals surface area contributed by atoms with Gasteiger partial charge in [-0.15, -0.1) is 0 Å². The minimum absolute atomic E-state index is 0.0731. The van der Waals surface area contributed by atoms with Gasteiger partial charge in [0.1, 0.15) is 0 Å². The molecule has 90 valence electrons. The molecule has 3 nitrogen and oxygen atoms in total. The molecule has 1 aromatic heterocycles. The third-order valence-electron chi connectivity index (χ3n) is 2.40. The Bertz CT molecular complexity index is 309. The number of likely N-dealkylation sites (N-methyl/N-ethyl adjacent to an activating group) is 1. The maximum Gasteiger partial charge on any atom is 0.236 e. The van der Waals surface area contributed by atoms with Gasteiger partial charge in [0.25, 0.3) is 0 Å².